The Labute approximate surface area is 59.8 Å². The van der Waals surface area contributed by atoms with Gasteiger partial charge in [-0.1, -0.05) is 18.2 Å². The first kappa shape index (κ1) is 4.97. The summed E-state index contributed by atoms with van der Waals surface area (Å²) in [5, 5.41) is 0. The van der Waals surface area contributed by atoms with Gasteiger partial charge in [0, 0.05) is 5.70 Å². The highest BCUT2D eigenvalue weighted by Crippen LogP contribution is 2.52. The smallest absolute Gasteiger partial charge is 0.123 e. The zero-order chi connectivity index (χ0) is 6.60. The highest BCUT2D eigenvalue weighted by molar-refractivity contribution is 5.48. The molecular weight excluding hydrogens is 126 g/mol. The van der Waals surface area contributed by atoms with Crippen molar-refractivity contribution in [1.29, 1.82) is 0 Å². The predicted molar refractivity (Wildman–Crippen MR) is 37.2 cm³/mol. The maximum Gasteiger partial charge on any atom is 0.123 e. The van der Waals surface area contributed by atoms with Crippen LogP contribution in [0.15, 0.2) is 23.9 Å². The van der Waals surface area contributed by atoms with Crippen molar-refractivity contribution in [3.05, 3.63) is 23.9 Å². The van der Waals surface area contributed by atoms with Crippen molar-refractivity contribution in [2.75, 3.05) is 13.3 Å². The van der Waals surface area contributed by atoms with E-state index in [-0.39, 0.29) is 5.54 Å². The van der Waals surface area contributed by atoms with Gasteiger partial charge in [-0.05, 0) is 6.42 Å². The molecule has 10 heavy (non-hydrogen) atoms. The minimum atomic E-state index is 0.248. The molecule has 2 fully saturated rings. The van der Waals surface area contributed by atoms with Crippen LogP contribution in [0.3, 0.4) is 0 Å². The second-order valence-electron chi connectivity index (χ2n) is 3.06. The largest absolute Gasteiger partial charge is 0.358 e. The lowest BCUT2D eigenvalue weighted by molar-refractivity contribution is 0.154. The summed E-state index contributed by atoms with van der Waals surface area (Å²) in [4.78, 5) is 2.32. The Morgan fingerprint density at radius 1 is 1.60 bits per heavy atom. The first-order valence-electron chi connectivity index (χ1n) is 3.67. The van der Waals surface area contributed by atoms with Crippen LogP contribution in [0.5, 0.6) is 0 Å². The van der Waals surface area contributed by atoms with Crippen molar-refractivity contribution in [1.82, 2.24) is 4.90 Å². The molecule has 0 aromatic carbocycles. The molecule has 0 bridgehead atoms. The van der Waals surface area contributed by atoms with Crippen LogP contribution >= 0.6 is 0 Å². The van der Waals surface area contributed by atoms with E-state index >= 15 is 0 Å². The van der Waals surface area contributed by atoms with Crippen molar-refractivity contribution in [2.45, 2.75) is 12.0 Å². The Morgan fingerprint density at radius 3 is 3.50 bits per heavy atom. The van der Waals surface area contributed by atoms with Crippen LogP contribution in [-0.2, 0) is 4.74 Å². The average Bonchev–Trinajstić information content (AvgIpc) is 2.44. The van der Waals surface area contributed by atoms with Crippen molar-refractivity contribution in [3.63, 3.8) is 0 Å². The zero-order valence-corrected chi connectivity index (χ0v) is 5.71. The van der Waals surface area contributed by atoms with Crippen LogP contribution in [0, 0.1) is 0 Å². The first-order valence-corrected chi connectivity index (χ1v) is 3.67. The second kappa shape index (κ2) is 1.30. The molecule has 0 aromatic heterocycles. The minimum absolute atomic E-state index is 0.248. The number of hydrogen-bond donors (Lipinski definition) is 0. The van der Waals surface area contributed by atoms with Crippen molar-refractivity contribution in [2.24, 2.45) is 0 Å². The molecule has 2 heteroatoms. The number of ether oxygens (including phenoxy) is 1. The summed E-state index contributed by atoms with van der Waals surface area (Å²) < 4.78 is 5.30. The zero-order valence-electron chi connectivity index (χ0n) is 5.71. The summed E-state index contributed by atoms with van der Waals surface area (Å²) >= 11 is 0. The van der Waals surface area contributed by atoms with Gasteiger partial charge in [-0.3, -0.25) is 0 Å². The topological polar surface area (TPSA) is 12.2 Å². The summed E-state index contributed by atoms with van der Waals surface area (Å²) in [5.41, 5.74) is 1.74. The van der Waals surface area contributed by atoms with E-state index in [9.17, 15) is 0 Å². The van der Waals surface area contributed by atoms with Crippen molar-refractivity contribution < 1.29 is 4.74 Å². The van der Waals surface area contributed by atoms with E-state index in [1.165, 1.54) is 5.70 Å². The molecule has 1 spiro atoms. The lowest BCUT2D eigenvalue weighted by Crippen LogP contribution is -2.12. The lowest BCUT2D eigenvalue weighted by atomic mass is 10.0. The highest BCUT2D eigenvalue weighted by Gasteiger charge is 2.60. The van der Waals surface area contributed by atoms with Gasteiger partial charge in [0.25, 0.3) is 0 Å². The summed E-state index contributed by atoms with van der Waals surface area (Å²) in [5.74, 6) is 0. The first-order chi connectivity index (χ1) is 4.93. The molecule has 52 valence electrons. The maximum absolute atomic E-state index is 5.30. The van der Waals surface area contributed by atoms with E-state index in [1.807, 2.05) is 0 Å². The lowest BCUT2D eigenvalue weighted by Gasteiger charge is -2.02. The van der Waals surface area contributed by atoms with Crippen LogP contribution in [0.25, 0.3) is 0 Å². The van der Waals surface area contributed by atoms with Gasteiger partial charge in [-0.2, -0.15) is 0 Å². The van der Waals surface area contributed by atoms with Gasteiger partial charge in [0.05, 0.1) is 6.61 Å². The highest BCUT2D eigenvalue weighted by atomic mass is 16.5. The molecule has 1 atom stereocenters. The molecule has 0 saturated carbocycles. The summed E-state index contributed by atoms with van der Waals surface area (Å²) in [6.07, 6.45) is 7.89. The van der Waals surface area contributed by atoms with E-state index in [0.29, 0.717) is 0 Å². The van der Waals surface area contributed by atoms with Crippen LogP contribution in [-0.4, -0.2) is 23.8 Å². The Balaban J connectivity index is 2.09. The SMILES string of the molecule is C1=C[C@]23COCN2C3=CC1. The molecule has 0 unspecified atom stereocenters. The fourth-order valence-corrected chi connectivity index (χ4v) is 1.95. The molecule has 2 heterocycles. The van der Waals surface area contributed by atoms with Gasteiger partial charge in [-0.15, -0.1) is 0 Å². The predicted octanol–water partition coefficient (Wildman–Crippen LogP) is 0.872. The third kappa shape index (κ3) is 0.353. The average molecular weight is 135 g/mol. The normalized spacial score (nSPS) is 40.8. The van der Waals surface area contributed by atoms with Gasteiger partial charge >= 0.3 is 0 Å². The molecule has 1 aliphatic carbocycles. The van der Waals surface area contributed by atoms with Crippen molar-refractivity contribution in [3.8, 4) is 0 Å². The molecular formula is C8H9NO. The fourth-order valence-electron chi connectivity index (χ4n) is 1.95. The number of hydrogen-bond acceptors (Lipinski definition) is 2. The summed E-state index contributed by atoms with van der Waals surface area (Å²) in [7, 11) is 0. The molecule has 3 rings (SSSR count). The van der Waals surface area contributed by atoms with Crippen molar-refractivity contribution >= 4 is 0 Å². The number of nitrogens with zero attached hydrogens (tertiary/aromatic N) is 1. The monoisotopic (exact) mass is 135 g/mol. The van der Waals surface area contributed by atoms with Crippen LogP contribution in [0.1, 0.15) is 6.42 Å². The summed E-state index contributed by atoms with van der Waals surface area (Å²) in [6.45, 7) is 1.67. The molecule has 2 saturated heterocycles. The third-order valence-electron chi connectivity index (χ3n) is 2.55. The number of allylic oxidation sites excluding steroid dienone is 2. The molecule has 0 amide bonds. The minimum Gasteiger partial charge on any atom is -0.358 e. The van der Waals surface area contributed by atoms with E-state index in [0.717, 1.165) is 19.8 Å². The Morgan fingerprint density at radius 2 is 2.60 bits per heavy atom. The molecule has 0 N–H and O–H groups in total. The third-order valence-corrected chi connectivity index (χ3v) is 2.55. The van der Waals surface area contributed by atoms with Gasteiger partial charge in [0.15, 0.2) is 0 Å². The van der Waals surface area contributed by atoms with Crippen LogP contribution in [0.4, 0.5) is 0 Å². The number of rotatable bonds is 0. The van der Waals surface area contributed by atoms with E-state index in [2.05, 4.69) is 23.1 Å². The van der Waals surface area contributed by atoms with Gasteiger partial charge in [0.2, 0.25) is 0 Å². The van der Waals surface area contributed by atoms with E-state index in [4.69, 9.17) is 4.74 Å². The van der Waals surface area contributed by atoms with E-state index < -0.39 is 0 Å². The van der Waals surface area contributed by atoms with Crippen LogP contribution in [0.2, 0.25) is 0 Å². The Bertz CT molecular complexity index is 244. The standard InChI is InChI=1S/C8H9NO/c1-2-4-8-5-10-6-9(8)7(8)3-1/h2-4H,1,5-6H2/t8-,9?/m1/s1. The second-order valence-corrected chi connectivity index (χ2v) is 3.06. The van der Waals surface area contributed by atoms with Gasteiger partial charge in [-0.25, -0.2) is 0 Å². The van der Waals surface area contributed by atoms with E-state index in [1.54, 1.807) is 0 Å². The van der Waals surface area contributed by atoms with Crippen LogP contribution < -0.4 is 0 Å². The number of fused-ring (bicyclic) bond motifs is 1. The fraction of sp³-hybridized carbons (Fsp3) is 0.500. The molecule has 2 nitrogen and oxygen atoms in total. The summed E-state index contributed by atoms with van der Waals surface area (Å²) in [6, 6.07) is 0. The molecule has 0 radical (unpaired) electrons. The quantitative estimate of drug-likeness (QED) is 0.361. The van der Waals surface area contributed by atoms with Gasteiger partial charge < -0.3 is 9.64 Å². The molecule has 3 aliphatic rings. The Kier molecular flexibility index (Phi) is 0.645. The molecule has 0 aromatic rings. The molecule has 2 aliphatic heterocycles. The van der Waals surface area contributed by atoms with Gasteiger partial charge in [0.1, 0.15) is 12.3 Å². The maximum atomic E-state index is 5.30. The Hall–Kier alpha value is -0.760.